The molecule has 0 aliphatic carbocycles. The van der Waals surface area contributed by atoms with Crippen LogP contribution in [0.1, 0.15) is 17.1 Å². The number of benzene rings is 1. The highest BCUT2D eigenvalue weighted by Crippen LogP contribution is 2.22. The number of hydrogen-bond donors (Lipinski definition) is 0. The molecule has 0 aliphatic heterocycles. The molecule has 19 heavy (non-hydrogen) atoms. The first kappa shape index (κ1) is 13.7. The number of rotatable bonds is 3. The van der Waals surface area contributed by atoms with Crippen LogP contribution < -0.4 is 4.74 Å². The van der Waals surface area contributed by atoms with Crippen LogP contribution >= 0.6 is 11.6 Å². The Labute approximate surface area is 114 Å². The molecule has 0 unspecified atom stereocenters. The van der Waals surface area contributed by atoms with E-state index in [0.29, 0.717) is 22.2 Å². The van der Waals surface area contributed by atoms with Crippen molar-refractivity contribution < 1.29 is 13.5 Å². The molecule has 6 heteroatoms. The van der Waals surface area contributed by atoms with Gasteiger partial charge in [0.15, 0.2) is 17.5 Å². The number of ether oxygens (including phenoxy) is 1. The molecule has 1 aromatic heterocycles. The van der Waals surface area contributed by atoms with E-state index >= 15 is 0 Å². The van der Waals surface area contributed by atoms with Gasteiger partial charge in [-0.1, -0.05) is 11.6 Å². The van der Waals surface area contributed by atoms with Crippen LogP contribution in [0.4, 0.5) is 8.78 Å². The van der Waals surface area contributed by atoms with Crippen molar-refractivity contribution in [1.82, 2.24) is 9.97 Å². The van der Waals surface area contributed by atoms with Crippen LogP contribution in [-0.2, 0) is 6.61 Å². The van der Waals surface area contributed by atoms with E-state index in [-0.39, 0.29) is 12.4 Å². The highest BCUT2D eigenvalue weighted by Gasteiger charge is 2.09. The molecule has 1 heterocycles. The Morgan fingerprint density at radius 2 is 1.79 bits per heavy atom. The maximum absolute atomic E-state index is 13.1. The Morgan fingerprint density at radius 3 is 2.47 bits per heavy atom. The number of halogens is 3. The zero-order valence-corrected chi connectivity index (χ0v) is 11.1. The summed E-state index contributed by atoms with van der Waals surface area (Å²) in [6.45, 7) is 3.44. The fraction of sp³-hybridized carbons (Fsp3) is 0.231. The smallest absolute Gasteiger partial charge is 0.167 e. The molecule has 0 aliphatic rings. The monoisotopic (exact) mass is 284 g/mol. The van der Waals surface area contributed by atoms with Gasteiger partial charge in [0.05, 0.1) is 0 Å². The number of aryl methyl sites for hydroxylation is 2. The highest BCUT2D eigenvalue weighted by atomic mass is 35.5. The van der Waals surface area contributed by atoms with Crippen LogP contribution in [0, 0.1) is 25.5 Å². The van der Waals surface area contributed by atoms with Gasteiger partial charge in [-0.25, -0.2) is 18.7 Å². The van der Waals surface area contributed by atoms with E-state index < -0.39 is 11.6 Å². The molecule has 0 radical (unpaired) electrons. The summed E-state index contributed by atoms with van der Waals surface area (Å²) in [6, 6.07) is 3.70. The molecule has 0 fully saturated rings. The molecular weight excluding hydrogens is 274 g/mol. The molecule has 100 valence electrons. The van der Waals surface area contributed by atoms with Crippen molar-refractivity contribution >= 4 is 11.6 Å². The second kappa shape index (κ2) is 5.48. The molecule has 0 saturated heterocycles. The van der Waals surface area contributed by atoms with Gasteiger partial charge < -0.3 is 4.74 Å². The van der Waals surface area contributed by atoms with Crippen LogP contribution in [0.2, 0.25) is 5.15 Å². The summed E-state index contributed by atoms with van der Waals surface area (Å²) in [4.78, 5) is 8.11. The summed E-state index contributed by atoms with van der Waals surface area (Å²) >= 11 is 5.79. The summed E-state index contributed by atoms with van der Waals surface area (Å²) in [5.74, 6) is -1.22. The van der Waals surface area contributed by atoms with E-state index in [4.69, 9.17) is 16.3 Å². The third kappa shape index (κ3) is 3.38. The fourth-order valence-corrected chi connectivity index (χ4v) is 1.83. The summed E-state index contributed by atoms with van der Waals surface area (Å²) in [5.41, 5.74) is 1.21. The molecule has 3 nitrogen and oxygen atoms in total. The number of aromatic nitrogens is 2. The van der Waals surface area contributed by atoms with Gasteiger partial charge in [-0.3, -0.25) is 0 Å². The van der Waals surface area contributed by atoms with Gasteiger partial charge in [-0.05, 0) is 31.5 Å². The number of nitrogens with zero attached hydrogens (tertiary/aromatic N) is 2. The minimum absolute atomic E-state index is 0.0350. The maximum Gasteiger partial charge on any atom is 0.167 e. The quantitative estimate of drug-likeness (QED) is 0.808. The zero-order valence-electron chi connectivity index (χ0n) is 10.4. The van der Waals surface area contributed by atoms with E-state index in [2.05, 4.69) is 9.97 Å². The Kier molecular flexibility index (Phi) is 3.95. The van der Waals surface area contributed by atoms with Crippen molar-refractivity contribution in [3.8, 4) is 5.75 Å². The summed E-state index contributed by atoms with van der Waals surface area (Å²) < 4.78 is 31.4. The molecule has 0 N–H and O–H groups in total. The predicted molar refractivity (Wildman–Crippen MR) is 67.2 cm³/mol. The zero-order chi connectivity index (χ0) is 14.0. The minimum atomic E-state index is -0.955. The lowest BCUT2D eigenvalue weighted by Crippen LogP contribution is -2.04. The van der Waals surface area contributed by atoms with Crippen molar-refractivity contribution in [3.63, 3.8) is 0 Å². The fourth-order valence-electron chi connectivity index (χ4n) is 1.58. The molecule has 1 aromatic carbocycles. The molecule has 0 bridgehead atoms. The Hall–Kier alpha value is -1.75. The molecule has 0 saturated carbocycles. The van der Waals surface area contributed by atoms with E-state index in [1.807, 2.05) is 0 Å². The molecule has 2 rings (SSSR count). The van der Waals surface area contributed by atoms with Crippen LogP contribution in [0.5, 0.6) is 5.75 Å². The minimum Gasteiger partial charge on any atom is -0.485 e. The van der Waals surface area contributed by atoms with Crippen LogP contribution in [0.3, 0.4) is 0 Å². The van der Waals surface area contributed by atoms with Crippen molar-refractivity contribution in [2.45, 2.75) is 20.5 Å². The first-order valence-corrected chi connectivity index (χ1v) is 5.92. The third-order valence-electron chi connectivity index (χ3n) is 2.44. The van der Waals surface area contributed by atoms with Gasteiger partial charge in [-0.2, -0.15) is 0 Å². The SMILES string of the molecule is Cc1cc(Cl)nc(COc2cc(F)c(F)cc2C)n1. The molecule has 2 aromatic rings. The van der Waals surface area contributed by atoms with Crippen molar-refractivity contribution in [3.05, 3.63) is 52.1 Å². The topological polar surface area (TPSA) is 35.0 Å². The van der Waals surface area contributed by atoms with Crippen molar-refractivity contribution in [2.24, 2.45) is 0 Å². The highest BCUT2D eigenvalue weighted by molar-refractivity contribution is 6.29. The van der Waals surface area contributed by atoms with Gasteiger partial charge in [0.1, 0.15) is 17.5 Å². The van der Waals surface area contributed by atoms with E-state index in [9.17, 15) is 8.78 Å². The van der Waals surface area contributed by atoms with Crippen LogP contribution in [0.25, 0.3) is 0 Å². The lowest BCUT2D eigenvalue weighted by molar-refractivity contribution is 0.290. The van der Waals surface area contributed by atoms with E-state index in [1.54, 1.807) is 19.9 Å². The Bertz CT molecular complexity index is 600. The first-order chi connectivity index (χ1) is 8.95. The lowest BCUT2D eigenvalue weighted by Gasteiger charge is -2.09. The summed E-state index contributed by atoms with van der Waals surface area (Å²) in [5, 5.41) is 0.313. The van der Waals surface area contributed by atoms with Gasteiger partial charge in [0.2, 0.25) is 0 Å². The third-order valence-corrected chi connectivity index (χ3v) is 2.64. The average molecular weight is 285 g/mol. The normalized spacial score (nSPS) is 10.6. The van der Waals surface area contributed by atoms with E-state index in [0.717, 1.165) is 12.1 Å². The average Bonchev–Trinajstić information content (AvgIpc) is 2.31. The first-order valence-electron chi connectivity index (χ1n) is 5.54. The van der Waals surface area contributed by atoms with Crippen LogP contribution in [0.15, 0.2) is 18.2 Å². The second-order valence-electron chi connectivity index (χ2n) is 4.07. The lowest BCUT2D eigenvalue weighted by atomic mass is 10.2. The van der Waals surface area contributed by atoms with Gasteiger partial charge in [-0.15, -0.1) is 0 Å². The predicted octanol–water partition coefficient (Wildman–Crippen LogP) is 3.60. The van der Waals surface area contributed by atoms with Crippen molar-refractivity contribution in [2.75, 3.05) is 0 Å². The summed E-state index contributed by atoms with van der Waals surface area (Å²) in [6.07, 6.45) is 0. The second-order valence-corrected chi connectivity index (χ2v) is 4.46. The molecule has 0 atom stereocenters. The van der Waals surface area contributed by atoms with Gasteiger partial charge in [0.25, 0.3) is 0 Å². The van der Waals surface area contributed by atoms with Crippen LogP contribution in [-0.4, -0.2) is 9.97 Å². The standard InChI is InChI=1S/C13H11ClF2N2O/c1-7-3-9(15)10(16)5-11(7)19-6-13-17-8(2)4-12(14)18-13/h3-5H,6H2,1-2H3. The molecular formula is C13H11ClF2N2O. The number of hydrogen-bond acceptors (Lipinski definition) is 3. The van der Waals surface area contributed by atoms with Gasteiger partial charge in [0, 0.05) is 11.8 Å². The largest absolute Gasteiger partial charge is 0.485 e. The van der Waals surface area contributed by atoms with Crippen molar-refractivity contribution in [1.29, 1.82) is 0 Å². The Morgan fingerprint density at radius 1 is 1.11 bits per heavy atom. The molecule has 0 amide bonds. The van der Waals surface area contributed by atoms with E-state index in [1.165, 1.54) is 0 Å². The molecule has 0 spiro atoms. The maximum atomic E-state index is 13.1. The summed E-state index contributed by atoms with van der Waals surface area (Å²) in [7, 11) is 0. The van der Waals surface area contributed by atoms with Gasteiger partial charge >= 0.3 is 0 Å². The Balaban J connectivity index is 2.16.